The van der Waals surface area contributed by atoms with Crippen LogP contribution in [0, 0.1) is 17.2 Å². The summed E-state index contributed by atoms with van der Waals surface area (Å²) in [6.45, 7) is 0. The number of ether oxygens (including phenoxy) is 1. The third-order valence-electron chi connectivity index (χ3n) is 2.14. The van der Waals surface area contributed by atoms with Crippen LogP contribution < -0.4 is 10.5 Å². The van der Waals surface area contributed by atoms with Crippen molar-refractivity contribution in [1.29, 1.82) is 5.26 Å². The molecule has 7 heteroatoms. The van der Waals surface area contributed by atoms with Crippen LogP contribution in [-0.2, 0) is 0 Å². The van der Waals surface area contributed by atoms with Crippen molar-refractivity contribution < 1.29 is 17.9 Å². The summed E-state index contributed by atoms with van der Waals surface area (Å²) >= 11 is 0.917. The first kappa shape index (κ1) is 14.5. The second-order valence-corrected chi connectivity index (χ2v) is 4.51. The van der Waals surface area contributed by atoms with Crippen molar-refractivity contribution in [2.75, 3.05) is 18.6 Å². The van der Waals surface area contributed by atoms with E-state index in [0.717, 1.165) is 11.8 Å². The topological polar surface area (TPSA) is 59.0 Å². The zero-order valence-corrected chi connectivity index (χ0v) is 10.3. The van der Waals surface area contributed by atoms with Gasteiger partial charge in [0.1, 0.15) is 5.75 Å². The number of methoxy groups -OCH3 is 1. The fraction of sp³-hybridized carbons (Fsp3) is 0.364. The van der Waals surface area contributed by atoms with Gasteiger partial charge < -0.3 is 10.5 Å². The minimum Gasteiger partial charge on any atom is -0.496 e. The van der Waals surface area contributed by atoms with Gasteiger partial charge in [-0.2, -0.15) is 18.4 Å². The fourth-order valence-corrected chi connectivity index (χ4v) is 2.24. The maximum atomic E-state index is 12.4. The second kappa shape index (κ2) is 5.87. The van der Waals surface area contributed by atoms with E-state index >= 15 is 0 Å². The van der Waals surface area contributed by atoms with Gasteiger partial charge in [-0.15, -0.1) is 11.8 Å². The molecule has 0 saturated heterocycles. The first-order valence-electron chi connectivity index (χ1n) is 4.91. The summed E-state index contributed by atoms with van der Waals surface area (Å²) in [7, 11) is 1.41. The summed E-state index contributed by atoms with van der Waals surface area (Å²) in [6, 6.07) is 5.92. The SMILES string of the molecule is COc1cc(N)ccc1SCC(C#N)C(F)(F)F. The number of nitrogen functional groups attached to an aromatic ring is 1. The van der Waals surface area contributed by atoms with Crippen LogP contribution in [0.4, 0.5) is 18.9 Å². The summed E-state index contributed by atoms with van der Waals surface area (Å²) in [5, 5.41) is 8.48. The molecule has 0 amide bonds. The van der Waals surface area contributed by atoms with E-state index in [1.165, 1.54) is 19.2 Å². The maximum absolute atomic E-state index is 12.4. The van der Waals surface area contributed by atoms with Crippen molar-refractivity contribution in [2.24, 2.45) is 5.92 Å². The van der Waals surface area contributed by atoms with Crippen LogP contribution in [0.2, 0.25) is 0 Å². The van der Waals surface area contributed by atoms with Gasteiger partial charge in [0.25, 0.3) is 0 Å². The molecule has 0 aliphatic carbocycles. The van der Waals surface area contributed by atoms with E-state index in [4.69, 9.17) is 15.7 Å². The summed E-state index contributed by atoms with van der Waals surface area (Å²) in [5.41, 5.74) is 5.99. The molecule has 0 saturated carbocycles. The lowest BCUT2D eigenvalue weighted by Crippen LogP contribution is -2.23. The first-order valence-corrected chi connectivity index (χ1v) is 5.89. The van der Waals surface area contributed by atoms with Crippen LogP contribution in [0.5, 0.6) is 5.75 Å². The Hall–Kier alpha value is -1.55. The lowest BCUT2D eigenvalue weighted by molar-refractivity contribution is -0.152. The third-order valence-corrected chi connectivity index (χ3v) is 3.29. The Kier molecular flexibility index (Phi) is 4.73. The Morgan fingerprint density at radius 3 is 2.67 bits per heavy atom. The van der Waals surface area contributed by atoms with Crippen LogP contribution in [0.15, 0.2) is 23.1 Å². The number of nitrogens with two attached hydrogens (primary N) is 1. The van der Waals surface area contributed by atoms with Crippen molar-refractivity contribution in [1.82, 2.24) is 0 Å². The Balaban J connectivity index is 2.78. The van der Waals surface area contributed by atoms with Crippen LogP contribution in [0.1, 0.15) is 0 Å². The highest BCUT2D eigenvalue weighted by Gasteiger charge is 2.39. The van der Waals surface area contributed by atoms with Crippen molar-refractivity contribution in [3.05, 3.63) is 18.2 Å². The predicted molar refractivity (Wildman–Crippen MR) is 63.3 cm³/mol. The first-order chi connectivity index (χ1) is 8.38. The number of alkyl halides is 3. The van der Waals surface area contributed by atoms with Crippen LogP contribution in [0.3, 0.4) is 0 Å². The number of nitriles is 1. The number of rotatable bonds is 4. The summed E-state index contributed by atoms with van der Waals surface area (Å²) in [4.78, 5) is 0.524. The highest BCUT2D eigenvalue weighted by molar-refractivity contribution is 7.99. The van der Waals surface area contributed by atoms with E-state index in [1.54, 1.807) is 12.1 Å². The fourth-order valence-electron chi connectivity index (χ4n) is 1.18. The molecule has 2 N–H and O–H groups in total. The molecular formula is C11H11F3N2OS. The molecule has 1 unspecified atom stereocenters. The lowest BCUT2D eigenvalue weighted by atomic mass is 10.2. The highest BCUT2D eigenvalue weighted by Crippen LogP contribution is 2.35. The molecule has 1 atom stereocenters. The molecule has 0 bridgehead atoms. The van der Waals surface area contributed by atoms with Crippen molar-refractivity contribution in [2.45, 2.75) is 11.1 Å². The van der Waals surface area contributed by atoms with E-state index in [0.29, 0.717) is 16.3 Å². The van der Waals surface area contributed by atoms with E-state index in [-0.39, 0.29) is 5.75 Å². The second-order valence-electron chi connectivity index (χ2n) is 3.44. The summed E-state index contributed by atoms with van der Waals surface area (Å²) < 4.78 is 42.2. The molecule has 1 rings (SSSR count). The van der Waals surface area contributed by atoms with Gasteiger partial charge in [-0.1, -0.05) is 0 Å². The van der Waals surface area contributed by atoms with Gasteiger partial charge >= 0.3 is 6.18 Å². The van der Waals surface area contributed by atoms with Gasteiger partial charge in [0.15, 0.2) is 5.92 Å². The number of thioether (sulfide) groups is 1. The van der Waals surface area contributed by atoms with Crippen molar-refractivity contribution >= 4 is 17.4 Å². The standard InChI is InChI=1S/C11H11F3N2OS/c1-17-9-4-8(16)2-3-10(9)18-6-7(5-15)11(12,13)14/h2-4,7H,6,16H2,1H3. The lowest BCUT2D eigenvalue weighted by Gasteiger charge is -2.14. The molecule has 0 radical (unpaired) electrons. The average Bonchev–Trinajstić information content (AvgIpc) is 2.29. The van der Waals surface area contributed by atoms with Gasteiger partial charge in [-0.25, -0.2) is 0 Å². The third kappa shape index (κ3) is 3.74. The van der Waals surface area contributed by atoms with Crippen LogP contribution in [0.25, 0.3) is 0 Å². The molecule has 0 heterocycles. The molecule has 0 aliphatic heterocycles. The Morgan fingerprint density at radius 1 is 1.50 bits per heavy atom. The number of nitrogens with zero attached hydrogens (tertiary/aromatic N) is 1. The predicted octanol–water partition coefficient (Wildman–Crippen LogP) is 3.07. The highest BCUT2D eigenvalue weighted by atomic mass is 32.2. The molecule has 3 nitrogen and oxygen atoms in total. The van der Waals surface area contributed by atoms with Gasteiger partial charge in [-0.3, -0.25) is 0 Å². The molecule has 0 aromatic heterocycles. The zero-order valence-electron chi connectivity index (χ0n) is 9.49. The average molecular weight is 276 g/mol. The summed E-state index contributed by atoms with van der Waals surface area (Å²) in [5.74, 6) is -1.97. The Labute approximate surface area is 107 Å². The Bertz CT molecular complexity index is 457. The maximum Gasteiger partial charge on any atom is 0.405 e. The number of anilines is 1. The molecule has 0 fully saturated rings. The Morgan fingerprint density at radius 2 is 2.17 bits per heavy atom. The van der Waals surface area contributed by atoms with E-state index < -0.39 is 12.1 Å². The van der Waals surface area contributed by atoms with Gasteiger partial charge in [0.2, 0.25) is 0 Å². The van der Waals surface area contributed by atoms with Crippen LogP contribution in [-0.4, -0.2) is 19.0 Å². The number of hydrogen-bond acceptors (Lipinski definition) is 4. The normalized spacial score (nSPS) is 12.8. The number of benzene rings is 1. The van der Waals surface area contributed by atoms with E-state index in [9.17, 15) is 13.2 Å². The van der Waals surface area contributed by atoms with Gasteiger partial charge in [0, 0.05) is 22.4 Å². The molecule has 98 valence electrons. The number of hydrogen-bond donors (Lipinski definition) is 1. The minimum atomic E-state index is -4.51. The molecule has 1 aromatic rings. The zero-order chi connectivity index (χ0) is 13.8. The number of halogens is 3. The molecule has 0 aliphatic rings. The van der Waals surface area contributed by atoms with Crippen molar-refractivity contribution in [3.8, 4) is 11.8 Å². The summed E-state index contributed by atoms with van der Waals surface area (Å²) in [6.07, 6.45) is -4.51. The smallest absolute Gasteiger partial charge is 0.405 e. The minimum absolute atomic E-state index is 0.375. The molecule has 0 spiro atoms. The van der Waals surface area contributed by atoms with E-state index in [1.807, 2.05) is 0 Å². The quantitative estimate of drug-likeness (QED) is 0.678. The van der Waals surface area contributed by atoms with Crippen molar-refractivity contribution in [3.63, 3.8) is 0 Å². The van der Waals surface area contributed by atoms with Crippen LogP contribution >= 0.6 is 11.8 Å². The van der Waals surface area contributed by atoms with Gasteiger partial charge in [-0.05, 0) is 12.1 Å². The molecule has 18 heavy (non-hydrogen) atoms. The van der Waals surface area contributed by atoms with E-state index in [2.05, 4.69) is 0 Å². The monoisotopic (exact) mass is 276 g/mol. The largest absolute Gasteiger partial charge is 0.496 e. The molecule has 1 aromatic carbocycles. The molecular weight excluding hydrogens is 265 g/mol. The van der Waals surface area contributed by atoms with Gasteiger partial charge in [0.05, 0.1) is 13.2 Å².